The van der Waals surface area contributed by atoms with Crippen LogP contribution in [0.3, 0.4) is 0 Å². The number of benzene rings is 8. The van der Waals surface area contributed by atoms with Crippen molar-refractivity contribution in [3.63, 3.8) is 0 Å². The molecule has 58 heavy (non-hydrogen) atoms. The summed E-state index contributed by atoms with van der Waals surface area (Å²) < 4.78 is 59.4. The number of rotatable bonds is 5. The van der Waals surface area contributed by atoms with Crippen LogP contribution in [-0.4, -0.2) is 44.4 Å². The monoisotopic (exact) mass is 804 g/mol. The fourth-order valence-corrected chi connectivity index (χ4v) is 11.2. The first kappa shape index (κ1) is 34.4. The van der Waals surface area contributed by atoms with Crippen molar-refractivity contribution in [1.82, 2.24) is 0 Å². The van der Waals surface area contributed by atoms with E-state index in [1.54, 1.807) is 7.11 Å². The zero-order chi connectivity index (χ0) is 38.3. The minimum Gasteiger partial charge on any atom is -0.399 e. The average Bonchev–Trinajstić information content (AvgIpc) is 3.38. The van der Waals surface area contributed by atoms with Crippen LogP contribution >= 0.6 is 16.5 Å². The maximum atomic E-state index is 6.84. The summed E-state index contributed by atoms with van der Waals surface area (Å²) >= 11 is 0. The van der Waals surface area contributed by atoms with E-state index in [2.05, 4.69) is 72.8 Å². The van der Waals surface area contributed by atoms with Crippen LogP contribution in [0.5, 0.6) is 0 Å². The predicted molar refractivity (Wildman–Crippen MR) is 229 cm³/mol. The van der Waals surface area contributed by atoms with E-state index >= 15 is 0 Å². The molecule has 2 bridgehead atoms. The molecule has 0 radical (unpaired) electrons. The second-order valence-corrected chi connectivity index (χ2v) is 16.7. The van der Waals surface area contributed by atoms with Crippen molar-refractivity contribution in [2.45, 2.75) is 30.7 Å². The Morgan fingerprint density at radius 2 is 0.810 bits per heavy atom. The van der Waals surface area contributed by atoms with E-state index in [1.165, 1.54) is 0 Å². The normalized spacial score (nSPS) is 20.7. The Hall–Kier alpha value is -5.60. The Bertz CT molecular complexity index is 3150. The van der Waals surface area contributed by atoms with Gasteiger partial charge in [0.05, 0.1) is 6.61 Å². The van der Waals surface area contributed by atoms with Gasteiger partial charge in [-0.3, -0.25) is 9.05 Å². The Morgan fingerprint density at radius 1 is 0.448 bits per heavy atom. The van der Waals surface area contributed by atoms with Gasteiger partial charge in [0.1, 0.15) is 40.6 Å². The third-order valence-corrected chi connectivity index (χ3v) is 13.7. The molecule has 4 heterocycles. The Labute approximate surface area is 332 Å². The smallest absolute Gasteiger partial charge is 0.387 e. The first-order chi connectivity index (χ1) is 28.7. The van der Waals surface area contributed by atoms with Gasteiger partial charge in [-0.25, -0.2) is 0 Å². The Balaban J connectivity index is 0.990. The fourth-order valence-electron chi connectivity index (χ4n) is 8.82. The zero-order valence-electron chi connectivity index (χ0n) is 31.0. The van der Waals surface area contributed by atoms with Gasteiger partial charge >= 0.3 is 16.5 Å². The van der Waals surface area contributed by atoms with E-state index in [0.717, 1.165) is 64.6 Å². The van der Waals surface area contributed by atoms with E-state index < -0.39 is 47.2 Å². The Kier molecular flexibility index (Phi) is 8.17. The quantitative estimate of drug-likeness (QED) is 0.168. The molecule has 12 rings (SSSR count). The first-order valence-electron chi connectivity index (χ1n) is 19.2. The van der Waals surface area contributed by atoms with Crippen LogP contribution in [0.1, 0.15) is 0 Å². The van der Waals surface area contributed by atoms with E-state index in [0.29, 0.717) is 22.3 Å². The highest BCUT2D eigenvalue weighted by Gasteiger charge is 2.55. The molecule has 2 saturated heterocycles. The topological polar surface area (TPSA) is 98.7 Å². The molecule has 2 aliphatic heterocycles. The van der Waals surface area contributed by atoms with Crippen LogP contribution in [0.15, 0.2) is 162 Å². The maximum absolute atomic E-state index is 6.84. The van der Waals surface area contributed by atoms with Gasteiger partial charge < -0.3 is 31.0 Å². The summed E-state index contributed by atoms with van der Waals surface area (Å²) in [4.78, 5) is 0. The van der Waals surface area contributed by atoms with Crippen molar-refractivity contribution in [1.29, 1.82) is 0 Å². The molecule has 10 aromatic rings. The lowest BCUT2D eigenvalue weighted by molar-refractivity contribution is -0.232. The minimum atomic E-state index is -2.05. The average molecular weight is 805 g/mol. The van der Waals surface area contributed by atoms with Gasteiger partial charge in [-0.15, -0.1) is 0 Å². The molecule has 2 aromatic heterocycles. The second-order valence-electron chi connectivity index (χ2n) is 14.7. The van der Waals surface area contributed by atoms with Crippen LogP contribution in [0, 0.1) is 0 Å². The van der Waals surface area contributed by atoms with Gasteiger partial charge in [0.15, 0.2) is 12.4 Å². The summed E-state index contributed by atoms with van der Waals surface area (Å²) in [6, 6.07) is 49.5. The van der Waals surface area contributed by atoms with Crippen molar-refractivity contribution in [3.8, 4) is 0 Å². The maximum Gasteiger partial charge on any atom is 0.387 e. The number of ether oxygens (including phenoxy) is 3. The number of hydrogen-bond acceptors (Lipinski definition) is 9. The summed E-state index contributed by atoms with van der Waals surface area (Å²) in [5, 5.41) is 12.5. The van der Waals surface area contributed by atoms with Gasteiger partial charge in [0.25, 0.3) is 0 Å². The van der Waals surface area contributed by atoms with Gasteiger partial charge in [-0.05, 0) is 67.4 Å². The third kappa shape index (κ3) is 5.51. The molecule has 11 heteroatoms. The molecule has 0 N–H and O–H groups in total. The number of hydrogen-bond donors (Lipinski definition) is 0. The summed E-state index contributed by atoms with van der Waals surface area (Å²) in [5.41, 5.74) is 2.66. The summed E-state index contributed by atoms with van der Waals surface area (Å²) in [7, 11) is -2.45. The Morgan fingerprint density at radius 3 is 1.19 bits per heavy atom. The molecule has 2 aliphatic rings. The van der Waals surface area contributed by atoms with Crippen LogP contribution < -0.4 is 9.05 Å². The van der Waals surface area contributed by atoms with E-state index in [9.17, 15) is 0 Å². The van der Waals surface area contributed by atoms with Crippen LogP contribution in [-0.2, 0) is 14.2 Å². The highest BCUT2D eigenvalue weighted by molar-refractivity contribution is 7.32. The van der Waals surface area contributed by atoms with Crippen LogP contribution in [0.2, 0.25) is 0 Å². The molecular weight excluding hydrogens is 770 g/mol. The molecule has 9 nitrogen and oxygen atoms in total. The summed E-state index contributed by atoms with van der Waals surface area (Å²) in [5.74, 6) is 0. The zero-order valence-corrected chi connectivity index (χ0v) is 32.8. The van der Waals surface area contributed by atoms with Crippen molar-refractivity contribution >= 4 is 103 Å². The lowest BCUT2D eigenvalue weighted by Crippen LogP contribution is -2.57. The molecule has 286 valence electrons. The van der Waals surface area contributed by atoms with Gasteiger partial charge in [0.2, 0.25) is 0 Å². The van der Waals surface area contributed by atoms with E-state index in [4.69, 9.17) is 40.0 Å². The standard InChI is InChI=1S/C47H34O9P2/c1-48-47-46(56-58-53-37-24-20-29-12-4-8-16-33(29)42(37)43-34-17-9-5-13-30(34)21-25-38(43)54-58)45-44(39(50-47)26-49-45)55-57-51-35-22-18-27-10-2-6-14-31(27)40(35)41-32-15-7-3-11-28(32)19-23-36(41)52-57/h2-25,39,44-47H,26H2,1H3/t39-,44-,45-,46+,47+/m0/s1. The fraction of sp³-hybridized carbons (Fsp3) is 0.149. The molecule has 0 unspecified atom stereocenters. The van der Waals surface area contributed by atoms with E-state index in [1.807, 2.05) is 72.8 Å². The first-order valence-corrected chi connectivity index (χ1v) is 21.4. The predicted octanol–water partition coefficient (Wildman–Crippen LogP) is 12.6. The van der Waals surface area contributed by atoms with Gasteiger partial charge in [-0.1, -0.05) is 121 Å². The van der Waals surface area contributed by atoms with Crippen LogP contribution in [0.25, 0.3) is 87.0 Å². The summed E-state index contributed by atoms with van der Waals surface area (Å²) in [6.07, 6.45) is -3.30. The largest absolute Gasteiger partial charge is 0.399 e. The van der Waals surface area contributed by atoms with Crippen molar-refractivity contribution in [2.24, 2.45) is 0 Å². The molecular formula is C47H34O9P2. The molecule has 5 atom stereocenters. The third-order valence-electron chi connectivity index (χ3n) is 11.4. The summed E-state index contributed by atoms with van der Waals surface area (Å²) in [6.45, 7) is 0.268. The number of fused-ring (bicyclic) bond motifs is 16. The van der Waals surface area contributed by atoms with E-state index in [-0.39, 0.29) is 6.61 Å². The minimum absolute atomic E-state index is 0.268. The lowest BCUT2D eigenvalue weighted by Gasteiger charge is -2.37. The SMILES string of the molecule is CO[C@@H]1O[C@H]2CO[C@@H]([C@H]2Op2oc3ccc4ccccc4c3c3c(ccc4ccccc43)o2)[C@H]1Op1oc2ccc3ccccc3c2c2c(ccc3ccccc32)o1. The number of methoxy groups -OCH3 is 1. The molecule has 0 aliphatic carbocycles. The van der Waals surface area contributed by atoms with Crippen molar-refractivity contribution < 1.29 is 40.0 Å². The highest BCUT2D eigenvalue weighted by Crippen LogP contribution is 2.46. The lowest BCUT2D eigenvalue weighted by atomic mass is 9.99. The molecule has 0 amide bonds. The van der Waals surface area contributed by atoms with Crippen LogP contribution in [0.4, 0.5) is 0 Å². The highest BCUT2D eigenvalue weighted by atomic mass is 31.1. The molecule has 8 aromatic carbocycles. The van der Waals surface area contributed by atoms with Gasteiger partial charge in [0, 0.05) is 28.7 Å². The van der Waals surface area contributed by atoms with Crippen molar-refractivity contribution in [3.05, 3.63) is 146 Å². The molecule has 2 fully saturated rings. The van der Waals surface area contributed by atoms with Gasteiger partial charge in [-0.2, -0.15) is 0 Å². The van der Waals surface area contributed by atoms with Crippen molar-refractivity contribution in [2.75, 3.05) is 13.7 Å². The second kappa shape index (κ2) is 13.8. The molecule has 0 spiro atoms. The molecule has 0 saturated carbocycles.